The van der Waals surface area contributed by atoms with Crippen molar-refractivity contribution in [1.29, 1.82) is 0 Å². The van der Waals surface area contributed by atoms with Crippen LogP contribution in [0.2, 0.25) is 0 Å². The first-order valence-electron chi connectivity index (χ1n) is 6.78. The monoisotopic (exact) mass is 349 g/mol. The number of nitrogens with one attached hydrogen (secondary N) is 2. The van der Waals surface area contributed by atoms with Crippen LogP contribution in [-0.2, 0) is 10.0 Å². The van der Waals surface area contributed by atoms with Crippen LogP contribution in [0.5, 0.6) is 0 Å². The number of halogens is 1. The lowest BCUT2D eigenvalue weighted by Crippen LogP contribution is -2.45. The minimum absolute atomic E-state index is 0. The highest BCUT2D eigenvalue weighted by atomic mass is 35.5. The van der Waals surface area contributed by atoms with E-state index in [0.29, 0.717) is 0 Å². The summed E-state index contributed by atoms with van der Waals surface area (Å²) >= 11 is 0. The van der Waals surface area contributed by atoms with Gasteiger partial charge in [-0.05, 0) is 30.9 Å². The van der Waals surface area contributed by atoms with E-state index in [-0.39, 0.29) is 29.3 Å². The van der Waals surface area contributed by atoms with E-state index in [2.05, 4.69) is 10.0 Å². The average molecular weight is 350 g/mol. The highest BCUT2D eigenvalue weighted by Gasteiger charge is 2.31. The molecule has 124 valence electrons. The molecule has 0 saturated carbocycles. The molecule has 1 fully saturated rings. The summed E-state index contributed by atoms with van der Waals surface area (Å²) in [5.41, 5.74) is -0.577. The molecule has 0 amide bonds. The van der Waals surface area contributed by atoms with Crippen LogP contribution in [-0.4, -0.2) is 33.0 Å². The number of nitrogens with zero attached hydrogens (tertiary/aromatic N) is 1. The maximum Gasteiger partial charge on any atom is 0.289 e. The number of piperidine rings is 1. The molecule has 1 aromatic rings. The maximum absolute atomic E-state index is 12.3. The van der Waals surface area contributed by atoms with Crippen molar-refractivity contribution < 1.29 is 13.3 Å². The molecule has 1 aliphatic heterocycles. The van der Waals surface area contributed by atoms with Gasteiger partial charge in [0.05, 0.1) is 4.92 Å². The Balaban J connectivity index is 0.00000242. The van der Waals surface area contributed by atoms with Gasteiger partial charge in [-0.3, -0.25) is 10.1 Å². The number of hydrogen-bond donors (Lipinski definition) is 2. The lowest BCUT2D eigenvalue weighted by molar-refractivity contribution is -0.387. The van der Waals surface area contributed by atoms with Crippen molar-refractivity contribution in [3.8, 4) is 0 Å². The van der Waals surface area contributed by atoms with E-state index in [4.69, 9.17) is 0 Å². The molecule has 9 heteroatoms. The Hall–Kier alpha value is -1.22. The molecule has 1 aromatic carbocycles. The number of para-hydroxylation sites is 1. The van der Waals surface area contributed by atoms with Gasteiger partial charge in [-0.25, -0.2) is 13.1 Å². The number of nitro benzene ring substituents is 1. The average Bonchev–Trinajstić information content (AvgIpc) is 2.46. The largest absolute Gasteiger partial charge is 0.316 e. The number of rotatable bonds is 5. The third kappa shape index (κ3) is 4.39. The van der Waals surface area contributed by atoms with Gasteiger partial charge in [0.2, 0.25) is 10.0 Å². The van der Waals surface area contributed by atoms with Crippen LogP contribution < -0.4 is 10.0 Å². The van der Waals surface area contributed by atoms with Crippen LogP contribution in [0.15, 0.2) is 29.2 Å². The van der Waals surface area contributed by atoms with Crippen molar-refractivity contribution in [2.24, 2.45) is 5.41 Å². The second-order valence-electron chi connectivity index (χ2n) is 5.64. The summed E-state index contributed by atoms with van der Waals surface area (Å²) in [6.07, 6.45) is 1.91. The van der Waals surface area contributed by atoms with E-state index < -0.39 is 20.6 Å². The molecule has 1 aliphatic rings. The molecular weight excluding hydrogens is 330 g/mol. The molecule has 1 atom stereocenters. The van der Waals surface area contributed by atoms with Gasteiger partial charge in [0.15, 0.2) is 4.90 Å². The van der Waals surface area contributed by atoms with E-state index in [0.717, 1.165) is 25.9 Å². The molecule has 1 saturated heterocycles. The standard InChI is InChI=1S/C13H19N3O4S.ClH/c1-13(7-4-8-14-9-13)10-15-21(19,20)12-6-3-2-5-11(12)16(17)18;/h2-3,5-6,14-15H,4,7-10H2,1H3;1H. The molecule has 0 spiro atoms. The molecule has 0 aromatic heterocycles. The van der Waals surface area contributed by atoms with Crippen molar-refractivity contribution in [3.63, 3.8) is 0 Å². The molecule has 7 nitrogen and oxygen atoms in total. The van der Waals surface area contributed by atoms with Gasteiger partial charge in [-0.15, -0.1) is 12.4 Å². The number of sulfonamides is 1. The molecule has 1 unspecified atom stereocenters. The first kappa shape index (κ1) is 18.8. The number of benzene rings is 1. The smallest absolute Gasteiger partial charge is 0.289 e. The van der Waals surface area contributed by atoms with Gasteiger partial charge in [-0.2, -0.15) is 0 Å². The Morgan fingerprint density at radius 2 is 2.09 bits per heavy atom. The van der Waals surface area contributed by atoms with Crippen molar-refractivity contribution in [3.05, 3.63) is 34.4 Å². The fraction of sp³-hybridized carbons (Fsp3) is 0.538. The first-order valence-corrected chi connectivity index (χ1v) is 8.26. The predicted molar refractivity (Wildman–Crippen MR) is 85.7 cm³/mol. The Morgan fingerprint density at radius 1 is 1.41 bits per heavy atom. The van der Waals surface area contributed by atoms with Gasteiger partial charge in [0.1, 0.15) is 0 Å². The summed E-state index contributed by atoms with van der Waals surface area (Å²) in [6.45, 7) is 3.92. The van der Waals surface area contributed by atoms with Crippen LogP contribution >= 0.6 is 12.4 Å². The molecule has 0 bridgehead atoms. The quantitative estimate of drug-likeness (QED) is 0.622. The van der Waals surface area contributed by atoms with Crippen LogP contribution in [0.25, 0.3) is 0 Å². The zero-order valence-corrected chi connectivity index (χ0v) is 13.9. The van der Waals surface area contributed by atoms with Crippen LogP contribution in [0.3, 0.4) is 0 Å². The Morgan fingerprint density at radius 3 is 2.68 bits per heavy atom. The third-order valence-electron chi connectivity index (χ3n) is 3.73. The molecule has 2 N–H and O–H groups in total. The van der Waals surface area contributed by atoms with E-state index in [1.54, 1.807) is 0 Å². The predicted octanol–water partition coefficient (Wildman–Crippen LogP) is 1.68. The summed E-state index contributed by atoms with van der Waals surface area (Å²) < 4.78 is 27.1. The second-order valence-corrected chi connectivity index (χ2v) is 7.38. The molecule has 0 aliphatic carbocycles. The molecule has 2 rings (SSSR count). The molecule has 22 heavy (non-hydrogen) atoms. The second kappa shape index (κ2) is 7.36. The van der Waals surface area contributed by atoms with E-state index in [9.17, 15) is 18.5 Å². The molecular formula is C13H20ClN3O4S. The summed E-state index contributed by atoms with van der Waals surface area (Å²) in [5.74, 6) is 0. The van der Waals surface area contributed by atoms with Gasteiger partial charge >= 0.3 is 0 Å². The lowest BCUT2D eigenvalue weighted by atomic mass is 9.83. The van der Waals surface area contributed by atoms with Crippen molar-refractivity contribution in [1.82, 2.24) is 10.0 Å². The highest BCUT2D eigenvalue weighted by molar-refractivity contribution is 7.89. The Labute approximate surface area is 136 Å². The minimum Gasteiger partial charge on any atom is -0.316 e. The highest BCUT2D eigenvalue weighted by Crippen LogP contribution is 2.27. The fourth-order valence-corrected chi connectivity index (χ4v) is 3.82. The van der Waals surface area contributed by atoms with E-state index >= 15 is 0 Å². The van der Waals surface area contributed by atoms with Crippen LogP contribution in [0.1, 0.15) is 19.8 Å². The van der Waals surface area contributed by atoms with Gasteiger partial charge < -0.3 is 5.32 Å². The van der Waals surface area contributed by atoms with E-state index in [1.165, 1.54) is 24.3 Å². The summed E-state index contributed by atoms with van der Waals surface area (Å²) in [7, 11) is -3.89. The zero-order chi connectivity index (χ0) is 15.5. The number of nitro groups is 1. The SMILES string of the molecule is CC1(CNS(=O)(=O)c2ccccc2[N+](=O)[O-])CCCNC1.Cl. The van der Waals surface area contributed by atoms with Gasteiger partial charge in [-0.1, -0.05) is 19.1 Å². The minimum atomic E-state index is -3.89. The van der Waals surface area contributed by atoms with Gasteiger partial charge in [0, 0.05) is 19.2 Å². The molecule has 0 radical (unpaired) electrons. The normalized spacial score (nSPS) is 21.9. The number of hydrogen-bond acceptors (Lipinski definition) is 5. The summed E-state index contributed by atoms with van der Waals surface area (Å²) in [4.78, 5) is 9.97. The van der Waals surface area contributed by atoms with E-state index in [1.807, 2.05) is 6.92 Å². The summed E-state index contributed by atoms with van der Waals surface area (Å²) in [5, 5.41) is 14.2. The Kier molecular flexibility index (Phi) is 6.30. The zero-order valence-electron chi connectivity index (χ0n) is 12.2. The van der Waals surface area contributed by atoms with Crippen molar-refractivity contribution >= 4 is 28.1 Å². The summed E-state index contributed by atoms with van der Waals surface area (Å²) in [6, 6.07) is 5.37. The van der Waals surface area contributed by atoms with Crippen molar-refractivity contribution in [2.45, 2.75) is 24.7 Å². The fourth-order valence-electron chi connectivity index (χ4n) is 2.45. The Bertz CT molecular complexity index is 630. The maximum atomic E-state index is 12.3. The first-order chi connectivity index (χ1) is 9.84. The lowest BCUT2D eigenvalue weighted by Gasteiger charge is -2.34. The molecule has 1 heterocycles. The van der Waals surface area contributed by atoms with Gasteiger partial charge in [0.25, 0.3) is 5.69 Å². The van der Waals surface area contributed by atoms with Crippen molar-refractivity contribution in [2.75, 3.05) is 19.6 Å². The van der Waals surface area contributed by atoms with Crippen LogP contribution in [0, 0.1) is 15.5 Å². The third-order valence-corrected chi connectivity index (χ3v) is 5.17. The topological polar surface area (TPSA) is 101 Å². The van der Waals surface area contributed by atoms with Crippen LogP contribution in [0.4, 0.5) is 5.69 Å².